The van der Waals surface area contributed by atoms with Crippen molar-refractivity contribution < 1.29 is 9.52 Å². The average Bonchev–Trinajstić information content (AvgIpc) is 2.83. The van der Waals surface area contributed by atoms with Crippen LogP contribution in [0.2, 0.25) is 0 Å². The maximum Gasteiger partial charge on any atom is 0.191 e. The summed E-state index contributed by atoms with van der Waals surface area (Å²) in [5.74, 6) is 1.55. The fourth-order valence-corrected chi connectivity index (χ4v) is 1.91. The standard InChI is InChI=1S/C13H21N3O2.HI/c1-2-14-12(15-9-11-5-3-8-18-11)16-10-13(17)6-4-7-13;/h3,5,8,17H,2,4,6-7,9-10H2,1H3,(H2,14,15,16);1H. The Kier molecular flexibility index (Phi) is 6.64. The SMILES string of the molecule is CCNC(=NCc1ccco1)NCC1(O)CCC1.I. The summed E-state index contributed by atoms with van der Waals surface area (Å²) in [6.45, 7) is 3.86. The van der Waals surface area contributed by atoms with Crippen LogP contribution in [0.5, 0.6) is 0 Å². The van der Waals surface area contributed by atoms with E-state index in [1.165, 1.54) is 0 Å². The number of aliphatic imine (C=N–C) groups is 1. The second kappa shape index (κ2) is 7.74. The molecule has 0 bridgehead atoms. The van der Waals surface area contributed by atoms with E-state index < -0.39 is 5.60 Å². The van der Waals surface area contributed by atoms with Gasteiger partial charge in [-0.15, -0.1) is 24.0 Å². The molecule has 1 aliphatic carbocycles. The van der Waals surface area contributed by atoms with E-state index in [2.05, 4.69) is 15.6 Å². The first-order chi connectivity index (χ1) is 8.72. The molecule has 0 aliphatic heterocycles. The van der Waals surface area contributed by atoms with E-state index in [0.29, 0.717) is 19.0 Å². The molecule has 0 radical (unpaired) electrons. The fraction of sp³-hybridized carbons (Fsp3) is 0.615. The number of nitrogens with one attached hydrogen (secondary N) is 2. The highest BCUT2D eigenvalue weighted by molar-refractivity contribution is 14.0. The summed E-state index contributed by atoms with van der Waals surface area (Å²) in [6, 6.07) is 3.74. The third kappa shape index (κ3) is 5.02. The molecule has 1 aromatic rings. The van der Waals surface area contributed by atoms with E-state index in [1.807, 2.05) is 19.1 Å². The number of hydrogen-bond donors (Lipinski definition) is 3. The predicted molar refractivity (Wildman–Crippen MR) is 85.7 cm³/mol. The summed E-state index contributed by atoms with van der Waals surface area (Å²) in [4.78, 5) is 4.41. The second-order valence-corrected chi connectivity index (χ2v) is 4.71. The second-order valence-electron chi connectivity index (χ2n) is 4.71. The quantitative estimate of drug-likeness (QED) is 0.415. The van der Waals surface area contributed by atoms with Crippen molar-refractivity contribution in [3.8, 4) is 0 Å². The molecule has 0 spiro atoms. The van der Waals surface area contributed by atoms with Gasteiger partial charge < -0.3 is 20.2 Å². The van der Waals surface area contributed by atoms with Crippen LogP contribution in [-0.2, 0) is 6.54 Å². The topological polar surface area (TPSA) is 69.8 Å². The molecule has 2 rings (SSSR count). The van der Waals surface area contributed by atoms with Crippen LogP contribution >= 0.6 is 24.0 Å². The molecule has 0 atom stereocenters. The van der Waals surface area contributed by atoms with Crippen LogP contribution in [0.15, 0.2) is 27.8 Å². The van der Waals surface area contributed by atoms with Crippen LogP contribution in [-0.4, -0.2) is 29.8 Å². The molecule has 0 unspecified atom stereocenters. The monoisotopic (exact) mass is 379 g/mol. The molecule has 1 aromatic heterocycles. The summed E-state index contributed by atoms with van der Waals surface area (Å²) in [7, 11) is 0. The zero-order valence-electron chi connectivity index (χ0n) is 11.2. The van der Waals surface area contributed by atoms with Crippen molar-refractivity contribution in [3.05, 3.63) is 24.2 Å². The van der Waals surface area contributed by atoms with Crippen LogP contribution < -0.4 is 10.6 Å². The molecule has 6 heteroatoms. The van der Waals surface area contributed by atoms with Crippen molar-refractivity contribution in [1.82, 2.24) is 10.6 Å². The lowest BCUT2D eigenvalue weighted by atomic mass is 9.80. The Labute approximate surface area is 130 Å². The van der Waals surface area contributed by atoms with Gasteiger partial charge in [0, 0.05) is 13.1 Å². The maximum atomic E-state index is 10.0. The van der Waals surface area contributed by atoms with Gasteiger partial charge >= 0.3 is 0 Å². The normalized spacial score (nSPS) is 17.3. The average molecular weight is 379 g/mol. The van der Waals surface area contributed by atoms with Crippen molar-refractivity contribution in [1.29, 1.82) is 0 Å². The fourth-order valence-electron chi connectivity index (χ4n) is 1.91. The van der Waals surface area contributed by atoms with Crippen molar-refractivity contribution in [2.45, 2.75) is 38.3 Å². The van der Waals surface area contributed by atoms with E-state index in [4.69, 9.17) is 4.42 Å². The number of aliphatic hydroxyl groups is 1. The summed E-state index contributed by atoms with van der Waals surface area (Å²) < 4.78 is 5.23. The van der Waals surface area contributed by atoms with Gasteiger partial charge in [-0.2, -0.15) is 0 Å². The van der Waals surface area contributed by atoms with E-state index in [-0.39, 0.29) is 24.0 Å². The summed E-state index contributed by atoms with van der Waals surface area (Å²) >= 11 is 0. The molecule has 1 fully saturated rings. The summed E-state index contributed by atoms with van der Waals surface area (Å²) in [5.41, 5.74) is -0.541. The highest BCUT2D eigenvalue weighted by atomic mass is 127. The van der Waals surface area contributed by atoms with Gasteiger partial charge in [0.05, 0.1) is 11.9 Å². The highest BCUT2D eigenvalue weighted by Gasteiger charge is 2.34. The minimum atomic E-state index is -0.541. The van der Waals surface area contributed by atoms with E-state index >= 15 is 0 Å². The van der Waals surface area contributed by atoms with Gasteiger partial charge in [0.1, 0.15) is 12.3 Å². The smallest absolute Gasteiger partial charge is 0.191 e. The van der Waals surface area contributed by atoms with Gasteiger partial charge in [0.25, 0.3) is 0 Å². The van der Waals surface area contributed by atoms with Gasteiger partial charge in [-0.3, -0.25) is 0 Å². The first-order valence-electron chi connectivity index (χ1n) is 6.49. The highest BCUT2D eigenvalue weighted by Crippen LogP contribution is 2.30. The Bertz CT molecular complexity index is 389. The molecular formula is C13H22IN3O2. The van der Waals surface area contributed by atoms with Crippen LogP contribution in [0, 0.1) is 0 Å². The van der Waals surface area contributed by atoms with E-state index in [1.54, 1.807) is 6.26 Å². The Morgan fingerprint density at radius 1 is 1.47 bits per heavy atom. The molecule has 19 heavy (non-hydrogen) atoms. The molecule has 0 amide bonds. The molecular weight excluding hydrogens is 357 g/mol. The van der Waals surface area contributed by atoms with E-state index in [0.717, 1.165) is 31.6 Å². The molecule has 0 saturated heterocycles. The van der Waals surface area contributed by atoms with Gasteiger partial charge in [-0.25, -0.2) is 4.99 Å². The first kappa shape index (κ1) is 16.3. The lowest BCUT2D eigenvalue weighted by Gasteiger charge is -2.36. The van der Waals surface area contributed by atoms with Crippen LogP contribution in [0.3, 0.4) is 0 Å². The minimum Gasteiger partial charge on any atom is -0.467 e. The van der Waals surface area contributed by atoms with E-state index in [9.17, 15) is 5.11 Å². The Morgan fingerprint density at radius 3 is 2.79 bits per heavy atom. The zero-order valence-corrected chi connectivity index (χ0v) is 13.5. The van der Waals surface area contributed by atoms with Gasteiger partial charge in [0.2, 0.25) is 0 Å². The minimum absolute atomic E-state index is 0. The van der Waals surface area contributed by atoms with Crippen LogP contribution in [0.25, 0.3) is 0 Å². The van der Waals surface area contributed by atoms with Crippen molar-refractivity contribution in [3.63, 3.8) is 0 Å². The molecule has 1 heterocycles. The Hall–Kier alpha value is -0.760. The molecule has 1 aliphatic rings. The molecule has 1 saturated carbocycles. The van der Waals surface area contributed by atoms with Crippen molar-refractivity contribution >= 4 is 29.9 Å². The summed E-state index contributed by atoms with van der Waals surface area (Å²) in [5, 5.41) is 16.3. The molecule has 5 nitrogen and oxygen atoms in total. The maximum absolute atomic E-state index is 10.0. The van der Waals surface area contributed by atoms with Crippen LogP contribution in [0.1, 0.15) is 31.9 Å². The van der Waals surface area contributed by atoms with Gasteiger partial charge in [-0.05, 0) is 38.3 Å². The Morgan fingerprint density at radius 2 is 2.26 bits per heavy atom. The Balaban J connectivity index is 0.00000180. The lowest BCUT2D eigenvalue weighted by Crippen LogP contribution is -2.50. The number of rotatable bonds is 5. The van der Waals surface area contributed by atoms with Gasteiger partial charge in [0.15, 0.2) is 5.96 Å². The van der Waals surface area contributed by atoms with Gasteiger partial charge in [-0.1, -0.05) is 0 Å². The largest absolute Gasteiger partial charge is 0.467 e. The number of halogens is 1. The third-order valence-corrected chi connectivity index (χ3v) is 3.19. The first-order valence-corrected chi connectivity index (χ1v) is 6.49. The zero-order chi connectivity index (χ0) is 12.8. The summed E-state index contributed by atoms with van der Waals surface area (Å²) in [6.07, 6.45) is 4.50. The number of nitrogens with zero attached hydrogens (tertiary/aromatic N) is 1. The number of hydrogen-bond acceptors (Lipinski definition) is 3. The number of guanidine groups is 1. The van der Waals surface area contributed by atoms with Crippen molar-refractivity contribution in [2.75, 3.05) is 13.1 Å². The predicted octanol–water partition coefficient (Wildman–Crippen LogP) is 1.87. The molecule has 3 N–H and O–H groups in total. The van der Waals surface area contributed by atoms with Crippen LogP contribution in [0.4, 0.5) is 0 Å². The third-order valence-electron chi connectivity index (χ3n) is 3.19. The molecule has 0 aromatic carbocycles. The molecule has 108 valence electrons. The van der Waals surface area contributed by atoms with Crippen molar-refractivity contribution in [2.24, 2.45) is 4.99 Å². The number of furan rings is 1. The lowest BCUT2D eigenvalue weighted by molar-refractivity contribution is -0.0279.